The molecule has 2 aliphatic rings. The maximum absolute atomic E-state index is 8.06. The van der Waals surface area contributed by atoms with Gasteiger partial charge in [-0.1, -0.05) is 0 Å². The molecule has 0 saturated carbocycles. The van der Waals surface area contributed by atoms with Crippen molar-refractivity contribution in [2.45, 2.75) is 66.6 Å². The Hall–Kier alpha value is -0.380. The molecule has 0 aromatic carbocycles. The van der Waals surface area contributed by atoms with E-state index in [-0.39, 0.29) is 12.2 Å². The van der Waals surface area contributed by atoms with E-state index in [0.29, 0.717) is 0 Å². The smallest absolute Gasteiger partial charge is 0.109 e. The Morgan fingerprint density at radius 3 is 1.14 bits per heavy atom. The van der Waals surface area contributed by atoms with Crippen LogP contribution in [0.5, 0.6) is 0 Å². The standard InChI is InChI=1S/2C5H5.2C3H8O.C3H6.Hf/c2*1-2-4-5-3-1;2*1-3(2)4;1-3-2;/h2*1-3H,4H2;2*3-4H,1-2H3;1-2H3;/q2*-1;;;;+2. The summed E-state index contributed by atoms with van der Waals surface area (Å²) in [5, 5.41) is 16.1. The largest absolute Gasteiger partial charge is 0.273 e. The predicted molar refractivity (Wildman–Crippen MR) is 94.2 cm³/mol. The Bertz CT molecular complexity index is 280. The van der Waals surface area contributed by atoms with Gasteiger partial charge in [0.15, 0.2) is 0 Å². The van der Waals surface area contributed by atoms with Gasteiger partial charge in [-0.15, -0.1) is 12.8 Å². The first-order valence-electron chi connectivity index (χ1n) is 7.51. The van der Waals surface area contributed by atoms with Gasteiger partial charge in [-0.3, -0.25) is 12.2 Å². The first-order valence-corrected chi connectivity index (χ1v) is 9.31. The number of rotatable bonds is 0. The normalized spacial score (nSPS) is 12.5. The van der Waals surface area contributed by atoms with E-state index >= 15 is 0 Å². The summed E-state index contributed by atoms with van der Waals surface area (Å²) in [5.74, 6) is 0. The van der Waals surface area contributed by atoms with E-state index in [1.165, 1.54) is 23.9 Å². The van der Waals surface area contributed by atoms with E-state index < -0.39 is 0 Å². The second-order valence-corrected chi connectivity index (χ2v) is 8.79. The molecule has 0 unspecified atom stereocenters. The molecule has 0 radical (unpaired) electrons. The average Bonchev–Trinajstić information content (AvgIpc) is 3.06. The summed E-state index contributed by atoms with van der Waals surface area (Å²) >= 11 is 1.27. The van der Waals surface area contributed by atoms with Crippen LogP contribution in [-0.2, 0) is 23.9 Å². The molecule has 2 N–H and O–H groups in total. The van der Waals surface area contributed by atoms with E-state index in [0.717, 1.165) is 12.8 Å². The topological polar surface area (TPSA) is 40.5 Å². The van der Waals surface area contributed by atoms with Crippen LogP contribution in [0.15, 0.2) is 36.5 Å². The van der Waals surface area contributed by atoms with Crippen molar-refractivity contribution in [1.29, 1.82) is 0 Å². The van der Waals surface area contributed by atoms with Gasteiger partial charge in [0.1, 0.15) is 0 Å². The third-order valence-electron chi connectivity index (χ3n) is 1.17. The minimum atomic E-state index is -0.167. The molecule has 0 saturated heterocycles. The monoisotopic (exact) mass is 472 g/mol. The zero-order valence-corrected chi connectivity index (χ0v) is 18.5. The summed E-state index contributed by atoms with van der Waals surface area (Å²) in [6.07, 6.45) is 19.7. The number of hydrogen-bond acceptors (Lipinski definition) is 2. The molecule has 0 aliphatic heterocycles. The van der Waals surface area contributed by atoms with Crippen LogP contribution in [0.25, 0.3) is 0 Å². The number of hydrogen-bond donors (Lipinski definition) is 2. The fraction of sp³-hybridized carbons (Fsp3) is 0.526. The molecule has 2 rings (SSSR count). The van der Waals surface area contributed by atoms with E-state index in [1.54, 1.807) is 31.0 Å². The van der Waals surface area contributed by atoms with Gasteiger partial charge < -0.3 is 10.2 Å². The van der Waals surface area contributed by atoms with Crippen LogP contribution >= 0.6 is 0 Å². The first-order chi connectivity index (χ1) is 10.2. The molecular weight excluding hydrogens is 439 g/mol. The minimum Gasteiger partial charge on any atom is -0.273 e. The van der Waals surface area contributed by atoms with E-state index in [2.05, 4.69) is 38.2 Å². The molecule has 0 atom stereocenters. The van der Waals surface area contributed by atoms with Crippen LogP contribution in [0.2, 0.25) is 0 Å². The van der Waals surface area contributed by atoms with Gasteiger partial charge in [-0.05, 0) is 27.7 Å². The summed E-state index contributed by atoms with van der Waals surface area (Å²) in [7, 11) is 0. The van der Waals surface area contributed by atoms with Gasteiger partial charge in [-0.25, -0.2) is 24.3 Å². The maximum atomic E-state index is 8.06. The third-order valence-corrected chi connectivity index (χ3v) is 1.17. The Morgan fingerprint density at radius 1 is 0.864 bits per heavy atom. The Labute approximate surface area is 152 Å². The minimum absolute atomic E-state index is 0.167. The molecule has 2 aliphatic carbocycles. The van der Waals surface area contributed by atoms with Crippen molar-refractivity contribution in [1.82, 2.24) is 0 Å². The molecule has 0 fully saturated rings. The van der Waals surface area contributed by atoms with E-state index in [9.17, 15) is 0 Å². The Morgan fingerprint density at radius 2 is 1.09 bits per heavy atom. The van der Waals surface area contributed by atoms with Crippen molar-refractivity contribution in [3.8, 4) is 0 Å². The summed E-state index contributed by atoms with van der Waals surface area (Å²) < 4.78 is 1.56. The van der Waals surface area contributed by atoms with Gasteiger partial charge in [0.2, 0.25) is 0 Å². The second kappa shape index (κ2) is 22.9. The molecule has 22 heavy (non-hydrogen) atoms. The quantitative estimate of drug-likeness (QED) is 0.413. The zero-order chi connectivity index (χ0) is 17.8. The van der Waals surface area contributed by atoms with Crippen molar-refractivity contribution < 1.29 is 34.1 Å². The summed E-state index contributed by atoms with van der Waals surface area (Å²) in [5.41, 5.74) is 0. The second-order valence-electron chi connectivity index (χ2n) is 5.19. The molecule has 0 heterocycles. The predicted octanol–water partition coefficient (Wildman–Crippen LogP) is 4.13. The SMILES string of the molecule is CC(C)O.CC(C)O.C[C](C)=[Hf+2].[C-]1=CC=CC1.[C-]1=CC=CC1. The number of aliphatic hydroxyl groups excluding tert-OH is 2. The molecule has 3 heteroatoms. The summed E-state index contributed by atoms with van der Waals surface area (Å²) in [4.78, 5) is 0. The van der Waals surface area contributed by atoms with Crippen molar-refractivity contribution >= 4 is 3.26 Å². The van der Waals surface area contributed by atoms with Gasteiger partial charge in [0.25, 0.3) is 0 Å². The first kappa shape index (κ1) is 26.5. The van der Waals surface area contributed by atoms with Gasteiger partial charge in [-0.2, -0.15) is 12.2 Å². The van der Waals surface area contributed by atoms with Crippen LogP contribution in [-0.4, -0.2) is 25.7 Å². The summed E-state index contributed by atoms with van der Waals surface area (Å²) in [6, 6.07) is 0. The van der Waals surface area contributed by atoms with Crippen LogP contribution < -0.4 is 0 Å². The fourth-order valence-corrected chi connectivity index (χ4v) is 0.680. The summed E-state index contributed by atoms with van der Waals surface area (Å²) in [6.45, 7) is 11.2. The zero-order valence-electron chi connectivity index (χ0n) is 14.9. The van der Waals surface area contributed by atoms with Gasteiger partial charge in [0.05, 0.1) is 0 Å². The molecule has 0 aromatic rings. The molecule has 2 nitrogen and oxygen atoms in total. The maximum Gasteiger partial charge on any atom is -0.109 e. The van der Waals surface area contributed by atoms with Crippen molar-refractivity contribution in [2.75, 3.05) is 0 Å². The van der Waals surface area contributed by atoms with Crippen LogP contribution in [0, 0.1) is 12.2 Å². The molecular formula is C19H32HfO2. The van der Waals surface area contributed by atoms with Crippen molar-refractivity contribution in [3.63, 3.8) is 0 Å². The molecule has 0 aromatic heterocycles. The fourth-order valence-electron chi connectivity index (χ4n) is 0.680. The molecule has 124 valence electrons. The van der Waals surface area contributed by atoms with Crippen molar-refractivity contribution in [3.05, 3.63) is 48.6 Å². The number of aliphatic hydroxyl groups is 2. The average molecular weight is 471 g/mol. The van der Waals surface area contributed by atoms with E-state index in [1.807, 2.05) is 24.3 Å². The van der Waals surface area contributed by atoms with Crippen LogP contribution in [0.4, 0.5) is 0 Å². The Kier molecular flexibility index (Phi) is 27.6. The van der Waals surface area contributed by atoms with E-state index in [4.69, 9.17) is 10.2 Å². The van der Waals surface area contributed by atoms with Gasteiger partial charge >= 0.3 is 41.0 Å². The molecule has 0 spiro atoms. The van der Waals surface area contributed by atoms with Crippen LogP contribution in [0.1, 0.15) is 54.4 Å². The van der Waals surface area contributed by atoms with Crippen LogP contribution in [0.3, 0.4) is 0 Å². The molecule has 0 bridgehead atoms. The molecule has 0 amide bonds. The van der Waals surface area contributed by atoms with Crippen molar-refractivity contribution in [2.24, 2.45) is 0 Å². The number of allylic oxidation sites excluding steroid dienone is 8. The van der Waals surface area contributed by atoms with Gasteiger partial charge in [0, 0.05) is 12.2 Å². The Balaban J connectivity index is -0.000000207. The third kappa shape index (κ3) is 73.5.